The Morgan fingerprint density at radius 2 is 1.83 bits per heavy atom. The molecular weight excluding hydrogens is 230 g/mol. The summed E-state index contributed by atoms with van der Waals surface area (Å²) in [7, 11) is 3.21. The molecule has 1 aromatic rings. The van der Waals surface area contributed by atoms with Gasteiger partial charge in [-0.3, -0.25) is 4.79 Å². The highest BCUT2D eigenvalue weighted by molar-refractivity contribution is 5.93. The first kappa shape index (κ1) is 12.7. The average Bonchev–Trinajstić information content (AvgIpc) is 2.62. The van der Waals surface area contributed by atoms with E-state index in [-0.39, 0.29) is 5.91 Å². The molecule has 4 heteroatoms. The number of hydrogen-bond acceptors (Lipinski definition) is 3. The largest absolute Gasteiger partial charge is 0.493 e. The highest BCUT2D eigenvalue weighted by Gasteiger charge is 2.19. The standard InChI is InChI=1S/C14H19NO3/c1-17-12-8-7-11(10-13(12)18-2)15-9-5-3-4-6-14(15)16/h7-8,10H,3-6,9H2,1-2H3. The maximum absolute atomic E-state index is 12.0. The van der Waals surface area contributed by atoms with Crippen molar-refractivity contribution in [3.05, 3.63) is 18.2 Å². The van der Waals surface area contributed by atoms with Crippen LogP contribution in [0, 0.1) is 0 Å². The smallest absolute Gasteiger partial charge is 0.226 e. The van der Waals surface area contributed by atoms with Gasteiger partial charge in [0, 0.05) is 24.7 Å². The van der Waals surface area contributed by atoms with Crippen LogP contribution < -0.4 is 14.4 Å². The number of ether oxygens (including phenoxy) is 2. The van der Waals surface area contributed by atoms with Gasteiger partial charge in [0.05, 0.1) is 14.2 Å². The van der Waals surface area contributed by atoms with Gasteiger partial charge in [0.15, 0.2) is 11.5 Å². The van der Waals surface area contributed by atoms with Crippen LogP contribution in [-0.4, -0.2) is 26.7 Å². The predicted molar refractivity (Wildman–Crippen MR) is 70.4 cm³/mol. The van der Waals surface area contributed by atoms with Gasteiger partial charge in [-0.15, -0.1) is 0 Å². The average molecular weight is 249 g/mol. The fourth-order valence-corrected chi connectivity index (χ4v) is 2.25. The molecule has 1 heterocycles. The van der Waals surface area contributed by atoms with E-state index in [2.05, 4.69) is 0 Å². The van der Waals surface area contributed by atoms with Crippen molar-refractivity contribution in [1.82, 2.24) is 0 Å². The van der Waals surface area contributed by atoms with Gasteiger partial charge in [-0.25, -0.2) is 0 Å². The van der Waals surface area contributed by atoms with Crippen molar-refractivity contribution in [3.63, 3.8) is 0 Å². The Labute approximate surface area is 107 Å². The maximum atomic E-state index is 12.0. The number of amides is 1. The number of carbonyl (C=O) groups is 1. The molecule has 0 atom stereocenters. The molecule has 0 bridgehead atoms. The van der Waals surface area contributed by atoms with E-state index < -0.39 is 0 Å². The Bertz CT molecular complexity index is 431. The summed E-state index contributed by atoms with van der Waals surface area (Å²) in [5.74, 6) is 1.54. The highest BCUT2D eigenvalue weighted by Crippen LogP contribution is 2.32. The molecule has 1 amide bonds. The van der Waals surface area contributed by atoms with Crippen molar-refractivity contribution < 1.29 is 14.3 Å². The van der Waals surface area contributed by atoms with Gasteiger partial charge in [0.25, 0.3) is 0 Å². The van der Waals surface area contributed by atoms with E-state index in [1.165, 1.54) is 0 Å². The van der Waals surface area contributed by atoms with E-state index >= 15 is 0 Å². The minimum Gasteiger partial charge on any atom is -0.493 e. The minimum atomic E-state index is 0.194. The topological polar surface area (TPSA) is 38.8 Å². The summed E-state index contributed by atoms with van der Waals surface area (Å²) in [5.41, 5.74) is 0.888. The lowest BCUT2D eigenvalue weighted by Gasteiger charge is -2.21. The van der Waals surface area contributed by atoms with Crippen LogP contribution in [-0.2, 0) is 4.79 Å². The Balaban J connectivity index is 2.28. The van der Waals surface area contributed by atoms with E-state index in [1.807, 2.05) is 23.1 Å². The van der Waals surface area contributed by atoms with Gasteiger partial charge in [-0.1, -0.05) is 6.42 Å². The van der Waals surface area contributed by atoms with E-state index in [9.17, 15) is 4.79 Å². The quantitative estimate of drug-likeness (QED) is 0.826. The maximum Gasteiger partial charge on any atom is 0.226 e. The van der Waals surface area contributed by atoms with Crippen molar-refractivity contribution in [2.24, 2.45) is 0 Å². The monoisotopic (exact) mass is 249 g/mol. The second-order valence-corrected chi connectivity index (χ2v) is 4.40. The van der Waals surface area contributed by atoms with Crippen LogP contribution >= 0.6 is 0 Å². The third-order valence-electron chi connectivity index (χ3n) is 3.25. The van der Waals surface area contributed by atoms with Crippen molar-refractivity contribution in [3.8, 4) is 11.5 Å². The number of methoxy groups -OCH3 is 2. The van der Waals surface area contributed by atoms with Gasteiger partial charge in [0.2, 0.25) is 5.91 Å². The number of hydrogen-bond donors (Lipinski definition) is 0. The summed E-state index contributed by atoms with van der Waals surface area (Å²) >= 11 is 0. The van der Waals surface area contributed by atoms with E-state index in [1.54, 1.807) is 14.2 Å². The molecule has 18 heavy (non-hydrogen) atoms. The predicted octanol–water partition coefficient (Wildman–Crippen LogP) is 2.61. The molecule has 1 fully saturated rings. The second-order valence-electron chi connectivity index (χ2n) is 4.40. The van der Waals surface area contributed by atoms with Crippen LogP contribution in [0.25, 0.3) is 0 Å². The summed E-state index contributed by atoms with van der Waals surface area (Å²) in [5, 5.41) is 0. The molecule has 1 saturated heterocycles. The lowest BCUT2D eigenvalue weighted by Crippen LogP contribution is -2.29. The molecule has 0 saturated carbocycles. The van der Waals surface area contributed by atoms with Gasteiger partial charge in [0.1, 0.15) is 0 Å². The number of nitrogens with zero attached hydrogens (tertiary/aromatic N) is 1. The SMILES string of the molecule is COc1ccc(N2CCCCCC2=O)cc1OC. The summed E-state index contributed by atoms with van der Waals surface area (Å²) in [6, 6.07) is 5.61. The Morgan fingerprint density at radius 1 is 1.06 bits per heavy atom. The van der Waals surface area contributed by atoms with Crippen LogP contribution in [0.1, 0.15) is 25.7 Å². The van der Waals surface area contributed by atoms with Crippen molar-refractivity contribution in [1.29, 1.82) is 0 Å². The molecule has 0 spiro atoms. The first-order valence-corrected chi connectivity index (χ1v) is 6.28. The number of rotatable bonds is 3. The fourth-order valence-electron chi connectivity index (χ4n) is 2.25. The summed E-state index contributed by atoms with van der Waals surface area (Å²) in [6.45, 7) is 0.786. The van der Waals surface area contributed by atoms with E-state index in [0.29, 0.717) is 17.9 Å². The van der Waals surface area contributed by atoms with E-state index in [0.717, 1.165) is 31.5 Å². The van der Waals surface area contributed by atoms with Crippen LogP contribution in [0.5, 0.6) is 11.5 Å². The van der Waals surface area contributed by atoms with Gasteiger partial charge in [-0.2, -0.15) is 0 Å². The normalized spacial score (nSPS) is 16.3. The van der Waals surface area contributed by atoms with Gasteiger partial charge < -0.3 is 14.4 Å². The molecule has 0 aromatic heterocycles. The lowest BCUT2D eigenvalue weighted by molar-refractivity contribution is -0.118. The molecule has 1 aromatic carbocycles. The third-order valence-corrected chi connectivity index (χ3v) is 3.25. The van der Waals surface area contributed by atoms with E-state index in [4.69, 9.17) is 9.47 Å². The zero-order valence-electron chi connectivity index (χ0n) is 10.9. The third kappa shape index (κ3) is 2.58. The summed E-state index contributed by atoms with van der Waals surface area (Å²) < 4.78 is 10.5. The first-order valence-electron chi connectivity index (χ1n) is 6.28. The summed E-state index contributed by atoms with van der Waals surface area (Å²) in [4.78, 5) is 13.9. The van der Waals surface area contributed by atoms with Crippen LogP contribution in [0.15, 0.2) is 18.2 Å². The highest BCUT2D eigenvalue weighted by atomic mass is 16.5. The fraction of sp³-hybridized carbons (Fsp3) is 0.500. The molecule has 1 aliphatic rings. The number of anilines is 1. The molecule has 0 radical (unpaired) electrons. The second kappa shape index (κ2) is 5.76. The van der Waals surface area contributed by atoms with Gasteiger partial charge in [-0.05, 0) is 25.0 Å². The van der Waals surface area contributed by atoms with Crippen molar-refractivity contribution in [2.75, 3.05) is 25.7 Å². The van der Waals surface area contributed by atoms with Crippen LogP contribution in [0.3, 0.4) is 0 Å². The lowest BCUT2D eigenvalue weighted by atomic mass is 10.2. The Kier molecular flexibility index (Phi) is 4.07. The molecule has 0 aliphatic carbocycles. The van der Waals surface area contributed by atoms with Crippen LogP contribution in [0.4, 0.5) is 5.69 Å². The van der Waals surface area contributed by atoms with Gasteiger partial charge >= 0.3 is 0 Å². The van der Waals surface area contributed by atoms with Crippen molar-refractivity contribution in [2.45, 2.75) is 25.7 Å². The number of carbonyl (C=O) groups excluding carboxylic acids is 1. The molecule has 0 unspecified atom stereocenters. The van der Waals surface area contributed by atoms with Crippen molar-refractivity contribution >= 4 is 11.6 Å². The molecule has 0 N–H and O–H groups in total. The molecule has 2 rings (SSSR count). The first-order chi connectivity index (χ1) is 8.76. The molecule has 1 aliphatic heterocycles. The Hall–Kier alpha value is -1.71. The molecule has 4 nitrogen and oxygen atoms in total. The minimum absolute atomic E-state index is 0.194. The zero-order valence-corrected chi connectivity index (χ0v) is 10.9. The zero-order chi connectivity index (χ0) is 13.0. The van der Waals surface area contributed by atoms with Crippen LogP contribution in [0.2, 0.25) is 0 Å². The molecule has 98 valence electrons. The molecular formula is C14H19NO3. The Morgan fingerprint density at radius 3 is 2.56 bits per heavy atom. The number of benzene rings is 1. The summed E-state index contributed by atoms with van der Waals surface area (Å²) in [6.07, 6.45) is 3.80.